The molecule has 2 N–H and O–H groups in total. The van der Waals surface area contributed by atoms with Gasteiger partial charge in [0.15, 0.2) is 5.69 Å². The number of amides is 3. The molecule has 1 aromatic heterocycles. The fraction of sp³-hybridized carbons (Fsp3) is 0.522. The zero-order valence-electron chi connectivity index (χ0n) is 18.9. The van der Waals surface area contributed by atoms with Crippen LogP contribution in [0, 0.1) is 11.8 Å². The Kier molecular flexibility index (Phi) is 8.45. The number of aromatic nitrogens is 1. The topological polar surface area (TPSA) is 87.5 Å². The summed E-state index contributed by atoms with van der Waals surface area (Å²) in [5.74, 6) is 1.10. The molecule has 2 rings (SSSR count). The Morgan fingerprint density at radius 3 is 2.27 bits per heavy atom. The molecule has 0 unspecified atom stereocenters. The van der Waals surface area contributed by atoms with E-state index in [1.165, 1.54) is 11.8 Å². The summed E-state index contributed by atoms with van der Waals surface area (Å²) in [6.07, 6.45) is 1.33. The summed E-state index contributed by atoms with van der Waals surface area (Å²) in [6.45, 7) is 13.7. The minimum absolute atomic E-state index is 0.186. The third kappa shape index (κ3) is 7.21. The molecule has 2 aromatic rings. The molecule has 3 amide bonds. The Morgan fingerprint density at radius 2 is 1.70 bits per heavy atom. The Morgan fingerprint density at radius 1 is 1.03 bits per heavy atom. The monoisotopic (exact) mass is 414 g/mol. The Bertz CT molecular complexity index is 825. The number of oxazole rings is 1. The SMILES string of the molecule is CC(C)CNC(=O)c1coc(CN(CC(C)C)C(=O)Nc2ccc(C(C)C)cc2)n1. The van der Waals surface area contributed by atoms with E-state index in [0.717, 1.165) is 5.69 Å². The molecule has 7 heteroatoms. The van der Waals surface area contributed by atoms with Crippen molar-refractivity contribution in [2.75, 3.05) is 18.4 Å². The molecule has 1 heterocycles. The third-order valence-corrected chi connectivity index (χ3v) is 4.48. The molecule has 0 saturated heterocycles. The van der Waals surface area contributed by atoms with Crippen molar-refractivity contribution in [2.45, 2.75) is 54.0 Å². The number of urea groups is 1. The first kappa shape index (κ1) is 23.4. The highest BCUT2D eigenvalue weighted by Crippen LogP contribution is 2.18. The van der Waals surface area contributed by atoms with Crippen LogP contribution in [0.2, 0.25) is 0 Å². The lowest BCUT2D eigenvalue weighted by Gasteiger charge is -2.23. The highest BCUT2D eigenvalue weighted by atomic mass is 16.3. The number of hydrogen-bond acceptors (Lipinski definition) is 4. The first-order valence-electron chi connectivity index (χ1n) is 10.5. The second-order valence-electron chi connectivity index (χ2n) is 8.71. The molecule has 164 valence electrons. The van der Waals surface area contributed by atoms with E-state index in [1.807, 2.05) is 52.0 Å². The van der Waals surface area contributed by atoms with Gasteiger partial charge in [-0.3, -0.25) is 4.79 Å². The first-order chi connectivity index (χ1) is 14.2. The molecule has 0 aliphatic heterocycles. The van der Waals surface area contributed by atoms with Crippen LogP contribution in [0.1, 0.15) is 69.4 Å². The Hall–Kier alpha value is -2.83. The highest BCUT2D eigenvalue weighted by molar-refractivity contribution is 5.92. The zero-order chi connectivity index (χ0) is 22.3. The van der Waals surface area contributed by atoms with E-state index in [2.05, 4.69) is 29.5 Å². The lowest BCUT2D eigenvalue weighted by molar-refractivity contribution is 0.0944. The fourth-order valence-corrected chi connectivity index (χ4v) is 2.85. The molecule has 0 aliphatic rings. The van der Waals surface area contributed by atoms with E-state index in [4.69, 9.17) is 4.42 Å². The molecule has 0 fully saturated rings. The smallest absolute Gasteiger partial charge is 0.322 e. The van der Waals surface area contributed by atoms with Gasteiger partial charge in [0.1, 0.15) is 6.26 Å². The third-order valence-electron chi connectivity index (χ3n) is 4.48. The summed E-state index contributed by atoms with van der Waals surface area (Å²) in [5, 5.41) is 5.75. The van der Waals surface area contributed by atoms with Crippen LogP contribution in [-0.2, 0) is 6.54 Å². The summed E-state index contributed by atoms with van der Waals surface area (Å²) in [7, 11) is 0. The van der Waals surface area contributed by atoms with Crippen molar-refractivity contribution in [3.63, 3.8) is 0 Å². The average Bonchev–Trinajstić information content (AvgIpc) is 3.14. The molecular formula is C23H34N4O3. The summed E-state index contributed by atoms with van der Waals surface area (Å²) >= 11 is 0. The number of carbonyl (C=O) groups is 2. The number of carbonyl (C=O) groups excluding carboxylic acids is 2. The van der Waals surface area contributed by atoms with Crippen molar-refractivity contribution < 1.29 is 14.0 Å². The average molecular weight is 415 g/mol. The first-order valence-corrected chi connectivity index (χ1v) is 10.5. The van der Waals surface area contributed by atoms with E-state index in [-0.39, 0.29) is 30.1 Å². The van der Waals surface area contributed by atoms with Crippen LogP contribution >= 0.6 is 0 Å². The summed E-state index contributed by atoms with van der Waals surface area (Å²) in [5.41, 5.74) is 2.18. The van der Waals surface area contributed by atoms with Crippen LogP contribution in [0.25, 0.3) is 0 Å². The van der Waals surface area contributed by atoms with Crippen LogP contribution < -0.4 is 10.6 Å². The predicted octanol–water partition coefficient (Wildman–Crippen LogP) is 4.87. The summed E-state index contributed by atoms with van der Waals surface area (Å²) in [4.78, 5) is 30.9. The number of nitrogens with zero attached hydrogens (tertiary/aromatic N) is 2. The van der Waals surface area contributed by atoms with Crippen molar-refractivity contribution in [1.82, 2.24) is 15.2 Å². The minimum Gasteiger partial charge on any atom is -0.446 e. The number of hydrogen-bond donors (Lipinski definition) is 2. The van der Waals surface area contributed by atoms with Gasteiger partial charge in [0.2, 0.25) is 5.89 Å². The van der Waals surface area contributed by atoms with Gasteiger partial charge in [0.25, 0.3) is 5.91 Å². The van der Waals surface area contributed by atoms with Crippen LogP contribution in [0.15, 0.2) is 34.9 Å². The zero-order valence-corrected chi connectivity index (χ0v) is 18.9. The van der Waals surface area contributed by atoms with Gasteiger partial charge in [-0.25, -0.2) is 9.78 Å². The van der Waals surface area contributed by atoms with Crippen LogP contribution in [-0.4, -0.2) is 34.9 Å². The largest absolute Gasteiger partial charge is 0.446 e. The van der Waals surface area contributed by atoms with Gasteiger partial charge in [-0.05, 0) is 35.4 Å². The normalized spacial score (nSPS) is 11.2. The van der Waals surface area contributed by atoms with E-state index in [9.17, 15) is 9.59 Å². The molecule has 7 nitrogen and oxygen atoms in total. The Labute approximate surface area is 179 Å². The molecule has 0 atom stereocenters. The molecule has 0 saturated carbocycles. The van der Waals surface area contributed by atoms with E-state index >= 15 is 0 Å². The van der Waals surface area contributed by atoms with Gasteiger partial charge in [-0.15, -0.1) is 0 Å². The van der Waals surface area contributed by atoms with Crippen LogP contribution in [0.4, 0.5) is 10.5 Å². The van der Waals surface area contributed by atoms with E-state index in [1.54, 1.807) is 4.90 Å². The van der Waals surface area contributed by atoms with Crippen molar-refractivity contribution >= 4 is 17.6 Å². The minimum atomic E-state index is -0.274. The maximum absolute atomic E-state index is 12.9. The molecule has 0 aliphatic carbocycles. The molecule has 30 heavy (non-hydrogen) atoms. The fourth-order valence-electron chi connectivity index (χ4n) is 2.85. The van der Waals surface area contributed by atoms with Crippen molar-refractivity contribution in [1.29, 1.82) is 0 Å². The van der Waals surface area contributed by atoms with Crippen molar-refractivity contribution in [2.24, 2.45) is 11.8 Å². The molecular weight excluding hydrogens is 380 g/mol. The number of rotatable bonds is 9. The Balaban J connectivity index is 2.04. The number of benzene rings is 1. The predicted molar refractivity (Wildman–Crippen MR) is 118 cm³/mol. The second-order valence-corrected chi connectivity index (χ2v) is 8.71. The van der Waals surface area contributed by atoms with Gasteiger partial charge in [0, 0.05) is 18.8 Å². The molecule has 0 spiro atoms. The summed E-state index contributed by atoms with van der Waals surface area (Å²) < 4.78 is 5.45. The van der Waals surface area contributed by atoms with Crippen LogP contribution in [0.5, 0.6) is 0 Å². The molecule has 1 aromatic carbocycles. The van der Waals surface area contributed by atoms with Gasteiger partial charge in [-0.1, -0.05) is 53.7 Å². The van der Waals surface area contributed by atoms with Gasteiger partial charge >= 0.3 is 6.03 Å². The standard InChI is InChI=1S/C23H34N4O3/c1-15(2)11-24-22(28)20-14-30-21(26-20)13-27(12-16(3)4)23(29)25-19-9-7-18(8-10-19)17(5)6/h7-10,14-17H,11-13H2,1-6H3,(H,24,28)(H,25,29). The van der Waals surface area contributed by atoms with Gasteiger partial charge < -0.3 is 20.0 Å². The summed E-state index contributed by atoms with van der Waals surface area (Å²) in [6, 6.07) is 7.61. The van der Waals surface area contributed by atoms with Gasteiger partial charge in [-0.2, -0.15) is 0 Å². The second kappa shape index (κ2) is 10.8. The number of anilines is 1. The van der Waals surface area contributed by atoms with E-state index in [0.29, 0.717) is 30.8 Å². The molecule has 0 bridgehead atoms. The quantitative estimate of drug-likeness (QED) is 0.612. The maximum Gasteiger partial charge on any atom is 0.322 e. The lowest BCUT2D eigenvalue weighted by Crippen LogP contribution is -2.37. The van der Waals surface area contributed by atoms with Crippen LogP contribution in [0.3, 0.4) is 0 Å². The number of nitrogens with one attached hydrogen (secondary N) is 2. The lowest BCUT2D eigenvalue weighted by atomic mass is 10.0. The van der Waals surface area contributed by atoms with Crippen molar-refractivity contribution in [3.8, 4) is 0 Å². The van der Waals surface area contributed by atoms with E-state index < -0.39 is 0 Å². The molecule has 0 radical (unpaired) electrons. The van der Waals surface area contributed by atoms with Gasteiger partial charge in [0.05, 0.1) is 6.54 Å². The van der Waals surface area contributed by atoms with Crippen molar-refractivity contribution in [3.05, 3.63) is 47.7 Å². The maximum atomic E-state index is 12.9. The highest BCUT2D eigenvalue weighted by Gasteiger charge is 2.20.